The van der Waals surface area contributed by atoms with Gasteiger partial charge >= 0.3 is 0 Å². The number of rotatable bonds is 6. The van der Waals surface area contributed by atoms with Crippen molar-refractivity contribution >= 4 is 17.3 Å². The summed E-state index contributed by atoms with van der Waals surface area (Å²) in [6.45, 7) is 3.25. The Morgan fingerprint density at radius 2 is 1.90 bits per heavy atom. The van der Waals surface area contributed by atoms with Gasteiger partial charge in [0.2, 0.25) is 0 Å². The summed E-state index contributed by atoms with van der Waals surface area (Å²) < 4.78 is 0. The average Bonchev–Trinajstić information content (AvgIpc) is 2.48. The first-order valence-corrected chi connectivity index (χ1v) is 7.44. The summed E-state index contributed by atoms with van der Waals surface area (Å²) >= 11 is 6.39. The van der Waals surface area contributed by atoms with Crippen molar-refractivity contribution < 1.29 is 5.11 Å². The predicted octanol–water partition coefficient (Wildman–Crippen LogP) is 3.36. The van der Waals surface area contributed by atoms with Crippen LogP contribution in [0.1, 0.15) is 24.1 Å². The SMILES string of the molecule is C[C@@H](N)c1ccc(N(CCO)Cc2ccccc2)c(Cl)c1. The van der Waals surface area contributed by atoms with E-state index >= 15 is 0 Å². The molecule has 0 aliphatic carbocycles. The van der Waals surface area contributed by atoms with Gasteiger partial charge in [0.15, 0.2) is 0 Å². The Bertz CT molecular complexity index is 572. The zero-order valence-electron chi connectivity index (χ0n) is 12.2. The fraction of sp³-hybridized carbons (Fsp3) is 0.294. The van der Waals surface area contributed by atoms with Crippen LogP contribution in [0.15, 0.2) is 48.5 Å². The minimum atomic E-state index is -0.0445. The van der Waals surface area contributed by atoms with E-state index in [1.54, 1.807) is 0 Å². The third-order valence-corrected chi connectivity index (χ3v) is 3.73. The zero-order chi connectivity index (χ0) is 15.2. The number of halogens is 1. The number of aliphatic hydroxyl groups excluding tert-OH is 1. The topological polar surface area (TPSA) is 49.5 Å². The minimum absolute atomic E-state index is 0.0445. The number of anilines is 1. The number of aliphatic hydroxyl groups is 1. The summed E-state index contributed by atoms with van der Waals surface area (Å²) in [5.41, 5.74) is 8.98. The van der Waals surface area contributed by atoms with Crippen LogP contribution in [-0.2, 0) is 6.54 Å². The summed E-state index contributed by atoms with van der Waals surface area (Å²) in [6, 6.07) is 15.9. The van der Waals surface area contributed by atoms with Crippen molar-refractivity contribution in [2.75, 3.05) is 18.1 Å². The molecule has 0 aliphatic heterocycles. The molecular weight excluding hydrogens is 284 g/mol. The molecule has 0 fully saturated rings. The molecule has 0 amide bonds. The molecule has 3 nitrogen and oxygen atoms in total. The molecule has 21 heavy (non-hydrogen) atoms. The van der Waals surface area contributed by atoms with E-state index in [0.29, 0.717) is 18.1 Å². The number of nitrogens with two attached hydrogens (primary N) is 1. The average molecular weight is 305 g/mol. The minimum Gasteiger partial charge on any atom is -0.395 e. The quantitative estimate of drug-likeness (QED) is 0.860. The predicted molar refractivity (Wildman–Crippen MR) is 88.6 cm³/mol. The molecule has 3 N–H and O–H groups in total. The van der Waals surface area contributed by atoms with Gasteiger partial charge in [-0.05, 0) is 30.2 Å². The lowest BCUT2D eigenvalue weighted by atomic mass is 10.1. The fourth-order valence-corrected chi connectivity index (χ4v) is 2.58. The highest BCUT2D eigenvalue weighted by Gasteiger charge is 2.12. The molecule has 0 radical (unpaired) electrons. The summed E-state index contributed by atoms with van der Waals surface area (Å²) in [4.78, 5) is 2.07. The first-order chi connectivity index (χ1) is 10.1. The molecule has 0 aromatic heterocycles. The van der Waals surface area contributed by atoms with E-state index in [0.717, 1.165) is 11.3 Å². The van der Waals surface area contributed by atoms with Gasteiger partial charge in [-0.3, -0.25) is 0 Å². The van der Waals surface area contributed by atoms with Gasteiger partial charge in [-0.1, -0.05) is 48.0 Å². The van der Waals surface area contributed by atoms with E-state index in [4.69, 9.17) is 17.3 Å². The lowest BCUT2D eigenvalue weighted by molar-refractivity contribution is 0.301. The molecule has 112 valence electrons. The number of hydrogen-bond donors (Lipinski definition) is 2. The van der Waals surface area contributed by atoms with Gasteiger partial charge < -0.3 is 15.7 Å². The largest absolute Gasteiger partial charge is 0.395 e. The van der Waals surface area contributed by atoms with Gasteiger partial charge in [-0.2, -0.15) is 0 Å². The van der Waals surface area contributed by atoms with E-state index < -0.39 is 0 Å². The Labute approximate surface area is 131 Å². The number of nitrogens with zero attached hydrogens (tertiary/aromatic N) is 1. The fourth-order valence-electron chi connectivity index (χ4n) is 2.27. The van der Waals surface area contributed by atoms with Crippen molar-refractivity contribution in [3.63, 3.8) is 0 Å². The molecule has 0 bridgehead atoms. The Morgan fingerprint density at radius 1 is 1.19 bits per heavy atom. The van der Waals surface area contributed by atoms with Crippen LogP contribution in [0.25, 0.3) is 0 Å². The second-order valence-electron chi connectivity index (χ2n) is 5.13. The first-order valence-electron chi connectivity index (χ1n) is 7.06. The highest BCUT2D eigenvalue weighted by molar-refractivity contribution is 6.33. The van der Waals surface area contributed by atoms with Crippen molar-refractivity contribution in [1.29, 1.82) is 0 Å². The van der Waals surface area contributed by atoms with Crippen LogP contribution in [0, 0.1) is 0 Å². The lowest BCUT2D eigenvalue weighted by Crippen LogP contribution is -2.26. The van der Waals surface area contributed by atoms with E-state index in [9.17, 15) is 5.11 Å². The Kier molecular flexibility index (Phi) is 5.62. The van der Waals surface area contributed by atoms with Gasteiger partial charge in [0.1, 0.15) is 0 Å². The maximum Gasteiger partial charge on any atom is 0.0643 e. The lowest BCUT2D eigenvalue weighted by Gasteiger charge is -2.25. The third kappa shape index (κ3) is 4.21. The smallest absolute Gasteiger partial charge is 0.0643 e. The monoisotopic (exact) mass is 304 g/mol. The highest BCUT2D eigenvalue weighted by Crippen LogP contribution is 2.29. The first kappa shape index (κ1) is 15.8. The van der Waals surface area contributed by atoms with E-state index in [2.05, 4.69) is 17.0 Å². The van der Waals surface area contributed by atoms with Crippen LogP contribution in [-0.4, -0.2) is 18.3 Å². The molecule has 2 aromatic carbocycles. The Morgan fingerprint density at radius 3 is 2.48 bits per heavy atom. The molecule has 4 heteroatoms. The van der Waals surface area contributed by atoms with Crippen molar-refractivity contribution in [1.82, 2.24) is 0 Å². The van der Waals surface area contributed by atoms with E-state index in [1.165, 1.54) is 5.56 Å². The van der Waals surface area contributed by atoms with Crippen molar-refractivity contribution in [3.05, 3.63) is 64.7 Å². The standard InChI is InChI=1S/C17H21ClN2O/c1-13(19)15-7-8-17(16(18)11-15)20(9-10-21)12-14-5-3-2-4-6-14/h2-8,11,13,21H,9-10,12,19H2,1H3/t13-/m1/s1. The molecular formula is C17H21ClN2O. The van der Waals surface area contributed by atoms with Crippen LogP contribution in [0.4, 0.5) is 5.69 Å². The normalized spacial score (nSPS) is 12.2. The van der Waals surface area contributed by atoms with E-state index in [-0.39, 0.29) is 12.6 Å². The second kappa shape index (κ2) is 7.46. The van der Waals surface area contributed by atoms with Crippen LogP contribution in [0.2, 0.25) is 5.02 Å². The van der Waals surface area contributed by atoms with Crippen molar-refractivity contribution in [2.24, 2.45) is 5.73 Å². The zero-order valence-corrected chi connectivity index (χ0v) is 12.9. The summed E-state index contributed by atoms with van der Waals surface area (Å²) in [5.74, 6) is 0. The second-order valence-corrected chi connectivity index (χ2v) is 5.54. The van der Waals surface area contributed by atoms with Gasteiger partial charge in [-0.25, -0.2) is 0 Å². The molecule has 0 unspecified atom stereocenters. The van der Waals surface area contributed by atoms with Gasteiger partial charge in [0.25, 0.3) is 0 Å². The summed E-state index contributed by atoms with van der Waals surface area (Å²) in [7, 11) is 0. The molecule has 0 saturated carbocycles. The van der Waals surface area contributed by atoms with Crippen molar-refractivity contribution in [3.8, 4) is 0 Å². The molecule has 1 atom stereocenters. The number of benzene rings is 2. The summed E-state index contributed by atoms with van der Waals surface area (Å²) in [6.07, 6.45) is 0. The van der Waals surface area contributed by atoms with E-state index in [1.807, 2.05) is 43.3 Å². The Balaban J connectivity index is 2.25. The third-order valence-electron chi connectivity index (χ3n) is 3.42. The molecule has 2 aromatic rings. The number of hydrogen-bond acceptors (Lipinski definition) is 3. The molecule has 0 spiro atoms. The van der Waals surface area contributed by atoms with Gasteiger partial charge in [0, 0.05) is 19.1 Å². The summed E-state index contributed by atoms with van der Waals surface area (Å²) in [5, 5.41) is 9.97. The van der Waals surface area contributed by atoms with Gasteiger partial charge in [0.05, 0.1) is 17.3 Å². The Hall–Kier alpha value is -1.55. The van der Waals surface area contributed by atoms with Crippen LogP contribution in [0.5, 0.6) is 0 Å². The molecule has 2 rings (SSSR count). The van der Waals surface area contributed by atoms with Crippen LogP contribution < -0.4 is 10.6 Å². The molecule has 0 heterocycles. The maximum atomic E-state index is 9.30. The molecule has 0 saturated heterocycles. The van der Waals surface area contributed by atoms with Crippen LogP contribution in [0.3, 0.4) is 0 Å². The highest BCUT2D eigenvalue weighted by atomic mass is 35.5. The van der Waals surface area contributed by atoms with Crippen molar-refractivity contribution in [2.45, 2.75) is 19.5 Å². The molecule has 0 aliphatic rings. The van der Waals surface area contributed by atoms with Crippen LogP contribution >= 0.6 is 11.6 Å². The maximum absolute atomic E-state index is 9.30. The van der Waals surface area contributed by atoms with Gasteiger partial charge in [-0.15, -0.1) is 0 Å².